The molecule has 0 aromatic heterocycles. The van der Waals surface area contributed by atoms with Crippen LogP contribution in [0.1, 0.15) is 112 Å². The van der Waals surface area contributed by atoms with Gasteiger partial charge in [-0.05, 0) is 104 Å². The molecular weight excluding hydrogens is 392 g/mol. The van der Waals surface area contributed by atoms with Crippen molar-refractivity contribution in [3.05, 3.63) is 11.6 Å². The zero-order chi connectivity index (χ0) is 22.9. The maximum absolute atomic E-state index is 9.07. The first-order valence-corrected chi connectivity index (χ1v) is 14.2. The van der Waals surface area contributed by atoms with Gasteiger partial charge in [0.05, 0.1) is 6.10 Å². The molecule has 2 heteroatoms. The topological polar surface area (TPSA) is 29.5 Å². The number of hydrogen-bond donors (Lipinski definition) is 1. The minimum absolute atomic E-state index is 0.244. The molecule has 1 N–H and O–H groups in total. The fraction of sp³-hybridized carbons (Fsp3) is 0.933. The highest BCUT2D eigenvalue weighted by Gasteiger charge is 2.59. The Balaban J connectivity index is 1.42. The lowest BCUT2D eigenvalue weighted by molar-refractivity contribution is -0.0645. The van der Waals surface area contributed by atoms with Crippen LogP contribution in [-0.4, -0.2) is 24.4 Å². The van der Waals surface area contributed by atoms with Crippen LogP contribution in [0.2, 0.25) is 0 Å². The van der Waals surface area contributed by atoms with E-state index in [4.69, 9.17) is 9.84 Å². The summed E-state index contributed by atoms with van der Waals surface area (Å²) < 4.78 is 6.13. The lowest BCUT2D eigenvalue weighted by atomic mass is 9.47. The molecule has 0 saturated heterocycles. The monoisotopic (exact) mass is 444 g/mol. The Hall–Kier alpha value is -0.340. The van der Waals surface area contributed by atoms with Crippen molar-refractivity contribution in [2.75, 3.05) is 13.2 Å². The number of allylic oxidation sites excluding steroid dienone is 1. The molecule has 0 aliphatic heterocycles. The third-order valence-electron chi connectivity index (χ3n) is 10.9. The summed E-state index contributed by atoms with van der Waals surface area (Å²) in [6.07, 6.45) is 19.0. The first-order valence-electron chi connectivity index (χ1n) is 14.2. The molecule has 0 aromatic rings. The standard InChI is InChI=1S/C30H52O2/c1-21(2)8-6-9-22(3)26-12-13-27-25-11-10-23-20-24(32-19-7-18-31)14-16-29(23,4)28(25)15-17-30(26,27)5/h10,21-22,24-28,31H,6-9,11-20H2,1-5H3/t22-,24+,25?,26-,27?,28?,29+,30-/m1/s1. The lowest BCUT2D eigenvalue weighted by Gasteiger charge is -2.58. The van der Waals surface area contributed by atoms with Crippen molar-refractivity contribution in [1.82, 2.24) is 0 Å². The number of fused-ring (bicyclic) bond motifs is 5. The van der Waals surface area contributed by atoms with Gasteiger partial charge in [0.1, 0.15) is 0 Å². The summed E-state index contributed by atoms with van der Waals surface area (Å²) >= 11 is 0. The third kappa shape index (κ3) is 4.61. The van der Waals surface area contributed by atoms with Gasteiger partial charge in [0.2, 0.25) is 0 Å². The predicted octanol–water partition coefficient (Wildman–Crippen LogP) is 7.80. The van der Waals surface area contributed by atoms with Crippen molar-refractivity contribution in [3.8, 4) is 0 Å². The number of hydrogen-bond acceptors (Lipinski definition) is 2. The molecule has 0 aromatic carbocycles. The van der Waals surface area contributed by atoms with E-state index in [2.05, 4.69) is 40.7 Å². The summed E-state index contributed by atoms with van der Waals surface area (Å²) in [5.74, 6) is 5.47. The van der Waals surface area contributed by atoms with E-state index in [0.29, 0.717) is 23.5 Å². The summed E-state index contributed by atoms with van der Waals surface area (Å²) in [4.78, 5) is 0. The minimum Gasteiger partial charge on any atom is -0.396 e. The van der Waals surface area contributed by atoms with Crippen LogP contribution in [0.25, 0.3) is 0 Å². The van der Waals surface area contributed by atoms with Crippen LogP contribution in [0, 0.1) is 46.3 Å². The average Bonchev–Trinajstić information content (AvgIpc) is 3.11. The van der Waals surface area contributed by atoms with Crippen LogP contribution in [0.4, 0.5) is 0 Å². The molecule has 0 amide bonds. The molecule has 4 rings (SSSR count). The molecule has 32 heavy (non-hydrogen) atoms. The highest BCUT2D eigenvalue weighted by Crippen LogP contribution is 2.67. The largest absolute Gasteiger partial charge is 0.396 e. The zero-order valence-corrected chi connectivity index (χ0v) is 21.9. The van der Waals surface area contributed by atoms with E-state index in [1.165, 1.54) is 64.2 Å². The highest BCUT2D eigenvalue weighted by atomic mass is 16.5. The zero-order valence-electron chi connectivity index (χ0n) is 21.9. The van der Waals surface area contributed by atoms with Gasteiger partial charge < -0.3 is 9.84 Å². The van der Waals surface area contributed by atoms with E-state index in [0.717, 1.165) is 48.3 Å². The Labute approximate surface area is 199 Å². The van der Waals surface area contributed by atoms with Gasteiger partial charge in [-0.25, -0.2) is 0 Å². The van der Waals surface area contributed by atoms with Crippen molar-refractivity contribution >= 4 is 0 Å². The molecular formula is C30H52O2. The lowest BCUT2D eigenvalue weighted by Crippen LogP contribution is -2.51. The first-order chi connectivity index (χ1) is 15.3. The molecule has 3 fully saturated rings. The van der Waals surface area contributed by atoms with Gasteiger partial charge in [0.25, 0.3) is 0 Å². The van der Waals surface area contributed by atoms with E-state index in [-0.39, 0.29) is 6.61 Å². The molecule has 4 aliphatic rings. The Kier molecular flexibility index (Phi) is 7.82. The van der Waals surface area contributed by atoms with Gasteiger partial charge in [-0.3, -0.25) is 0 Å². The molecule has 3 saturated carbocycles. The second kappa shape index (κ2) is 10.1. The van der Waals surface area contributed by atoms with E-state index in [9.17, 15) is 0 Å². The van der Waals surface area contributed by atoms with Crippen molar-refractivity contribution in [2.24, 2.45) is 46.3 Å². The van der Waals surface area contributed by atoms with Crippen LogP contribution in [0.5, 0.6) is 0 Å². The normalized spacial score (nSPS) is 42.2. The summed E-state index contributed by atoms with van der Waals surface area (Å²) in [5.41, 5.74) is 2.73. The maximum atomic E-state index is 9.07. The van der Waals surface area contributed by atoms with Crippen LogP contribution >= 0.6 is 0 Å². The Morgan fingerprint density at radius 2 is 1.81 bits per heavy atom. The molecule has 0 radical (unpaired) electrons. The van der Waals surface area contributed by atoms with Gasteiger partial charge in [0.15, 0.2) is 0 Å². The van der Waals surface area contributed by atoms with Crippen molar-refractivity contribution in [3.63, 3.8) is 0 Å². The van der Waals surface area contributed by atoms with Crippen molar-refractivity contribution in [1.29, 1.82) is 0 Å². The third-order valence-corrected chi connectivity index (χ3v) is 10.9. The molecule has 0 heterocycles. The van der Waals surface area contributed by atoms with Gasteiger partial charge in [-0.2, -0.15) is 0 Å². The van der Waals surface area contributed by atoms with Crippen LogP contribution in [-0.2, 0) is 4.74 Å². The van der Waals surface area contributed by atoms with E-state index < -0.39 is 0 Å². The summed E-state index contributed by atoms with van der Waals surface area (Å²) in [6.45, 7) is 13.6. The fourth-order valence-electron chi connectivity index (χ4n) is 9.11. The van der Waals surface area contributed by atoms with Crippen LogP contribution in [0.15, 0.2) is 11.6 Å². The molecule has 4 aliphatic carbocycles. The number of aliphatic hydroxyl groups excluding tert-OH is 1. The van der Waals surface area contributed by atoms with Crippen LogP contribution < -0.4 is 0 Å². The Bertz CT molecular complexity index is 653. The smallest absolute Gasteiger partial charge is 0.0612 e. The number of aliphatic hydroxyl groups is 1. The second-order valence-electron chi connectivity index (χ2n) is 13.1. The van der Waals surface area contributed by atoms with E-state index in [1.54, 1.807) is 5.57 Å². The second-order valence-corrected chi connectivity index (χ2v) is 13.1. The summed E-state index contributed by atoms with van der Waals surface area (Å²) in [6, 6.07) is 0. The first kappa shape index (κ1) is 24.8. The fourth-order valence-corrected chi connectivity index (χ4v) is 9.11. The van der Waals surface area contributed by atoms with E-state index >= 15 is 0 Å². The molecule has 8 atom stereocenters. The Morgan fingerprint density at radius 1 is 1.00 bits per heavy atom. The quantitative estimate of drug-likeness (QED) is 0.290. The predicted molar refractivity (Wildman–Crippen MR) is 134 cm³/mol. The highest BCUT2D eigenvalue weighted by molar-refractivity contribution is 5.25. The number of ether oxygens (including phenoxy) is 1. The molecule has 2 nitrogen and oxygen atoms in total. The summed E-state index contributed by atoms with van der Waals surface area (Å²) in [7, 11) is 0. The van der Waals surface area contributed by atoms with Crippen molar-refractivity contribution < 1.29 is 9.84 Å². The Morgan fingerprint density at radius 3 is 2.56 bits per heavy atom. The van der Waals surface area contributed by atoms with Gasteiger partial charge >= 0.3 is 0 Å². The van der Waals surface area contributed by atoms with E-state index in [1.807, 2.05) is 0 Å². The van der Waals surface area contributed by atoms with Gasteiger partial charge in [-0.15, -0.1) is 0 Å². The SMILES string of the molecule is CC(C)CCC[C@@H](C)[C@H]1CCC2C3CC=C4C[C@@H](OCCCO)CC[C@]4(C)C3CC[C@@]21C. The maximum Gasteiger partial charge on any atom is 0.0612 e. The van der Waals surface area contributed by atoms with Gasteiger partial charge in [-0.1, -0.05) is 65.5 Å². The molecule has 0 bridgehead atoms. The molecule has 0 spiro atoms. The van der Waals surface area contributed by atoms with Crippen molar-refractivity contribution in [2.45, 2.75) is 118 Å². The summed E-state index contributed by atoms with van der Waals surface area (Å²) in [5, 5.41) is 9.07. The van der Waals surface area contributed by atoms with Crippen LogP contribution in [0.3, 0.4) is 0 Å². The molecule has 3 unspecified atom stereocenters. The molecule has 184 valence electrons. The van der Waals surface area contributed by atoms with Gasteiger partial charge in [0, 0.05) is 13.2 Å². The number of rotatable bonds is 9. The minimum atomic E-state index is 0.244. The average molecular weight is 445 g/mol.